The average Bonchev–Trinajstić information content (AvgIpc) is 2.67. The molecule has 0 radical (unpaired) electrons. The van der Waals surface area contributed by atoms with Crippen LogP contribution in [0.5, 0.6) is 11.5 Å². The second-order valence-corrected chi connectivity index (χ2v) is 8.19. The van der Waals surface area contributed by atoms with Gasteiger partial charge in [-0.05, 0) is 40.2 Å². The van der Waals surface area contributed by atoms with Gasteiger partial charge in [0.15, 0.2) is 11.5 Å². The molecule has 0 spiro atoms. The van der Waals surface area contributed by atoms with Gasteiger partial charge in [0, 0.05) is 32.0 Å². The molecule has 0 unspecified atom stereocenters. The van der Waals surface area contributed by atoms with Crippen LogP contribution in [0, 0.1) is 0 Å². The van der Waals surface area contributed by atoms with Gasteiger partial charge in [0.2, 0.25) is 0 Å². The molecule has 170 valence electrons. The first-order chi connectivity index (χ1) is 14.6. The number of nitrogens with zero attached hydrogens (tertiary/aromatic N) is 2. The van der Waals surface area contributed by atoms with E-state index in [-0.39, 0.29) is 24.4 Å². The van der Waals surface area contributed by atoms with Crippen LogP contribution in [-0.4, -0.2) is 47.8 Å². The highest BCUT2D eigenvalue weighted by atomic mass is 16.6. The van der Waals surface area contributed by atoms with Crippen molar-refractivity contribution in [3.63, 3.8) is 0 Å². The molecule has 31 heavy (non-hydrogen) atoms. The molecule has 0 bridgehead atoms. The Balaban J connectivity index is 2.37. The normalized spacial score (nSPS) is 11.3. The fraction of sp³-hybridized carbons (Fsp3) is 0.545. The minimum Gasteiger partial charge on any atom is -0.493 e. The largest absolute Gasteiger partial charge is 0.493 e. The summed E-state index contributed by atoms with van der Waals surface area (Å²) in [6.07, 6.45) is 0.862. The number of nitrogens with one attached hydrogen (secondary N) is 1. The van der Waals surface area contributed by atoms with Crippen LogP contribution in [0.2, 0.25) is 0 Å². The SMILES string of the molecule is COc1cc2nc(CCCC(C)=O)n(CCNC(=O)OC(C)(C)C)c(=O)c2cc1OC. The van der Waals surface area contributed by atoms with Crippen molar-refractivity contribution in [2.24, 2.45) is 0 Å². The number of hydrogen-bond acceptors (Lipinski definition) is 7. The molecule has 2 aromatic rings. The second-order valence-electron chi connectivity index (χ2n) is 8.19. The molecule has 9 heteroatoms. The molecule has 1 aromatic carbocycles. The molecule has 1 heterocycles. The minimum absolute atomic E-state index is 0.0766. The summed E-state index contributed by atoms with van der Waals surface area (Å²) in [7, 11) is 3.01. The van der Waals surface area contributed by atoms with E-state index in [0.717, 1.165) is 0 Å². The van der Waals surface area contributed by atoms with E-state index >= 15 is 0 Å². The molecule has 0 aliphatic heterocycles. The van der Waals surface area contributed by atoms with Gasteiger partial charge in [-0.1, -0.05) is 0 Å². The fourth-order valence-electron chi connectivity index (χ4n) is 3.09. The van der Waals surface area contributed by atoms with Crippen LogP contribution in [0.4, 0.5) is 4.79 Å². The number of methoxy groups -OCH3 is 2. The van der Waals surface area contributed by atoms with Gasteiger partial charge in [-0.2, -0.15) is 0 Å². The Labute approximate surface area is 181 Å². The van der Waals surface area contributed by atoms with Crippen LogP contribution >= 0.6 is 0 Å². The topological polar surface area (TPSA) is 109 Å². The number of rotatable bonds is 9. The fourth-order valence-corrected chi connectivity index (χ4v) is 3.09. The number of carbonyl (C=O) groups excluding carboxylic acids is 2. The molecule has 1 amide bonds. The Bertz CT molecular complexity index is 1010. The Hall–Kier alpha value is -3.10. The van der Waals surface area contributed by atoms with E-state index in [0.29, 0.717) is 47.5 Å². The number of ketones is 1. The Morgan fingerprint density at radius 1 is 1.13 bits per heavy atom. The zero-order chi connectivity index (χ0) is 23.2. The number of aromatic nitrogens is 2. The van der Waals surface area contributed by atoms with Crippen molar-refractivity contribution >= 4 is 22.8 Å². The third-order valence-electron chi connectivity index (χ3n) is 4.47. The number of hydrogen-bond donors (Lipinski definition) is 1. The van der Waals surface area contributed by atoms with E-state index < -0.39 is 11.7 Å². The van der Waals surface area contributed by atoms with Gasteiger partial charge in [-0.15, -0.1) is 0 Å². The van der Waals surface area contributed by atoms with Crippen molar-refractivity contribution in [2.75, 3.05) is 20.8 Å². The quantitative estimate of drug-likeness (QED) is 0.648. The lowest BCUT2D eigenvalue weighted by molar-refractivity contribution is -0.117. The first kappa shape index (κ1) is 24.2. The number of carbonyl (C=O) groups is 2. The molecular formula is C22H31N3O6. The molecule has 1 aromatic heterocycles. The third kappa shape index (κ3) is 6.70. The van der Waals surface area contributed by atoms with Gasteiger partial charge < -0.3 is 24.3 Å². The highest BCUT2D eigenvalue weighted by Gasteiger charge is 2.17. The number of fused-ring (bicyclic) bond motifs is 1. The number of Topliss-reactive ketones (excluding diaryl/α,β-unsaturated/α-hetero) is 1. The number of ether oxygens (including phenoxy) is 3. The van der Waals surface area contributed by atoms with Gasteiger partial charge in [-0.25, -0.2) is 9.78 Å². The summed E-state index contributed by atoms with van der Waals surface area (Å²) < 4.78 is 17.4. The molecule has 0 saturated heterocycles. The summed E-state index contributed by atoms with van der Waals surface area (Å²) in [4.78, 5) is 41.1. The van der Waals surface area contributed by atoms with Crippen molar-refractivity contribution in [2.45, 2.75) is 59.1 Å². The van der Waals surface area contributed by atoms with Crippen LogP contribution in [0.1, 0.15) is 46.4 Å². The average molecular weight is 434 g/mol. The zero-order valence-electron chi connectivity index (χ0n) is 19.0. The summed E-state index contributed by atoms with van der Waals surface area (Å²) in [5.74, 6) is 1.52. The first-order valence-electron chi connectivity index (χ1n) is 10.2. The summed E-state index contributed by atoms with van der Waals surface area (Å²) in [6.45, 7) is 7.26. The van der Waals surface area contributed by atoms with E-state index in [1.54, 1.807) is 32.9 Å². The lowest BCUT2D eigenvalue weighted by Gasteiger charge is -2.20. The van der Waals surface area contributed by atoms with E-state index in [1.165, 1.54) is 25.7 Å². The summed E-state index contributed by atoms with van der Waals surface area (Å²) >= 11 is 0. The molecule has 9 nitrogen and oxygen atoms in total. The summed E-state index contributed by atoms with van der Waals surface area (Å²) in [6, 6.07) is 3.26. The van der Waals surface area contributed by atoms with Crippen LogP contribution in [0.15, 0.2) is 16.9 Å². The van der Waals surface area contributed by atoms with Crippen LogP contribution in [0.25, 0.3) is 10.9 Å². The van der Waals surface area contributed by atoms with E-state index in [9.17, 15) is 14.4 Å². The lowest BCUT2D eigenvalue weighted by atomic mass is 10.1. The van der Waals surface area contributed by atoms with E-state index in [1.807, 2.05) is 0 Å². The van der Waals surface area contributed by atoms with Crippen molar-refractivity contribution in [3.8, 4) is 11.5 Å². The molecule has 0 aliphatic carbocycles. The molecule has 0 fully saturated rings. The highest BCUT2D eigenvalue weighted by molar-refractivity contribution is 5.82. The molecule has 0 saturated carbocycles. The van der Waals surface area contributed by atoms with Crippen molar-refractivity contribution in [3.05, 3.63) is 28.3 Å². The van der Waals surface area contributed by atoms with Crippen LogP contribution in [0.3, 0.4) is 0 Å². The summed E-state index contributed by atoms with van der Waals surface area (Å²) in [5.41, 5.74) is -0.384. The monoisotopic (exact) mass is 433 g/mol. The molecule has 0 aliphatic rings. The molecule has 0 atom stereocenters. The number of amides is 1. The van der Waals surface area contributed by atoms with Crippen molar-refractivity contribution in [1.29, 1.82) is 0 Å². The van der Waals surface area contributed by atoms with Crippen molar-refractivity contribution < 1.29 is 23.8 Å². The van der Waals surface area contributed by atoms with Gasteiger partial charge in [0.25, 0.3) is 5.56 Å². The van der Waals surface area contributed by atoms with Gasteiger partial charge in [0.1, 0.15) is 17.2 Å². The Morgan fingerprint density at radius 3 is 2.35 bits per heavy atom. The molecular weight excluding hydrogens is 402 g/mol. The first-order valence-corrected chi connectivity index (χ1v) is 10.2. The van der Waals surface area contributed by atoms with Crippen molar-refractivity contribution in [1.82, 2.24) is 14.9 Å². The third-order valence-corrected chi connectivity index (χ3v) is 4.47. The highest BCUT2D eigenvalue weighted by Crippen LogP contribution is 2.30. The maximum absolute atomic E-state index is 13.2. The maximum Gasteiger partial charge on any atom is 0.407 e. The Kier molecular flexibility index (Phi) is 8.01. The number of benzene rings is 1. The predicted octanol–water partition coefficient (Wildman–Crippen LogP) is 2.85. The van der Waals surface area contributed by atoms with E-state index in [2.05, 4.69) is 10.3 Å². The Morgan fingerprint density at radius 2 is 1.77 bits per heavy atom. The maximum atomic E-state index is 13.2. The smallest absolute Gasteiger partial charge is 0.407 e. The molecule has 1 N–H and O–H groups in total. The van der Waals surface area contributed by atoms with Gasteiger partial charge >= 0.3 is 6.09 Å². The van der Waals surface area contributed by atoms with Gasteiger partial charge in [-0.3, -0.25) is 9.36 Å². The summed E-state index contributed by atoms with van der Waals surface area (Å²) in [5, 5.41) is 3.04. The zero-order valence-corrected chi connectivity index (χ0v) is 19.0. The number of alkyl carbamates (subject to hydrolysis) is 1. The molecule has 2 rings (SSSR count). The van der Waals surface area contributed by atoms with E-state index in [4.69, 9.17) is 14.2 Å². The van der Waals surface area contributed by atoms with Crippen LogP contribution < -0.4 is 20.3 Å². The number of aryl methyl sites for hydroxylation is 1. The predicted molar refractivity (Wildman–Crippen MR) is 117 cm³/mol. The minimum atomic E-state index is -0.612. The lowest BCUT2D eigenvalue weighted by Crippen LogP contribution is -2.36. The second kappa shape index (κ2) is 10.3. The standard InChI is InChI=1S/C22H31N3O6/c1-14(26)8-7-9-19-24-16-13-18(30-6)17(29-5)12-15(16)20(27)25(19)11-10-23-21(28)31-22(2,3)4/h12-13H,7-11H2,1-6H3,(H,23,28). The van der Waals surface area contributed by atoms with Crippen LogP contribution in [-0.2, 0) is 22.5 Å². The van der Waals surface area contributed by atoms with Gasteiger partial charge in [0.05, 0.1) is 25.1 Å².